The van der Waals surface area contributed by atoms with Crippen molar-refractivity contribution in [3.05, 3.63) is 66.4 Å². The molecule has 156 valence electrons. The molecule has 30 heavy (non-hydrogen) atoms. The molecule has 2 aromatic carbocycles. The summed E-state index contributed by atoms with van der Waals surface area (Å²) in [6.45, 7) is 8.85. The summed E-state index contributed by atoms with van der Waals surface area (Å²) in [5.74, 6) is 1.67. The van der Waals surface area contributed by atoms with Gasteiger partial charge in [0.05, 0.1) is 29.7 Å². The fourth-order valence-corrected chi connectivity index (χ4v) is 4.65. The van der Waals surface area contributed by atoms with Crippen LogP contribution < -0.4 is 10.6 Å². The first-order valence-electron chi connectivity index (χ1n) is 10.3. The van der Waals surface area contributed by atoms with Crippen LogP contribution in [0.4, 0.5) is 11.5 Å². The number of ether oxygens (including phenoxy) is 1. The Morgan fingerprint density at radius 2 is 1.80 bits per heavy atom. The molecule has 1 aliphatic rings. The SMILES string of the molecule is C[C@H]1COCCN1c1cc(C(C)(C)Sc2ccccc2)nc(-c2ccc(N)cc2)n1. The van der Waals surface area contributed by atoms with E-state index >= 15 is 0 Å². The summed E-state index contributed by atoms with van der Waals surface area (Å²) in [6, 6.07) is 20.6. The van der Waals surface area contributed by atoms with Crippen LogP contribution in [-0.4, -0.2) is 35.8 Å². The van der Waals surface area contributed by atoms with E-state index in [1.165, 1.54) is 4.90 Å². The second kappa shape index (κ2) is 8.66. The number of nitrogens with zero attached hydrogens (tertiary/aromatic N) is 3. The number of rotatable bonds is 5. The lowest BCUT2D eigenvalue weighted by Crippen LogP contribution is -2.44. The number of benzene rings is 2. The van der Waals surface area contributed by atoms with Crippen LogP contribution in [0.25, 0.3) is 11.4 Å². The van der Waals surface area contributed by atoms with Crippen molar-refractivity contribution in [2.24, 2.45) is 0 Å². The van der Waals surface area contributed by atoms with Gasteiger partial charge in [-0.2, -0.15) is 0 Å². The third kappa shape index (κ3) is 4.60. The minimum absolute atomic E-state index is 0.225. The van der Waals surface area contributed by atoms with Crippen LogP contribution in [0.1, 0.15) is 26.5 Å². The zero-order chi connectivity index (χ0) is 21.1. The molecule has 0 saturated carbocycles. The van der Waals surface area contributed by atoms with E-state index in [1.54, 1.807) is 0 Å². The largest absolute Gasteiger partial charge is 0.399 e. The number of anilines is 2. The molecule has 0 unspecified atom stereocenters. The number of nitrogen functional groups attached to an aromatic ring is 1. The van der Waals surface area contributed by atoms with E-state index in [0.29, 0.717) is 13.2 Å². The minimum Gasteiger partial charge on any atom is -0.399 e. The van der Waals surface area contributed by atoms with Crippen LogP contribution in [0, 0.1) is 0 Å². The Kier molecular flexibility index (Phi) is 5.97. The maximum Gasteiger partial charge on any atom is 0.161 e. The lowest BCUT2D eigenvalue weighted by Gasteiger charge is -2.35. The molecule has 6 heteroatoms. The van der Waals surface area contributed by atoms with Gasteiger partial charge in [-0.15, -0.1) is 11.8 Å². The fourth-order valence-electron chi connectivity index (χ4n) is 3.55. The van der Waals surface area contributed by atoms with Crippen molar-refractivity contribution in [2.75, 3.05) is 30.4 Å². The highest BCUT2D eigenvalue weighted by Gasteiger charge is 2.28. The predicted molar refractivity (Wildman–Crippen MR) is 125 cm³/mol. The Morgan fingerprint density at radius 3 is 2.50 bits per heavy atom. The molecular weight excluding hydrogens is 392 g/mol. The fraction of sp³-hybridized carbons (Fsp3) is 0.333. The second-order valence-corrected chi connectivity index (χ2v) is 9.80. The summed E-state index contributed by atoms with van der Waals surface area (Å²) in [6.07, 6.45) is 0. The first kappa shape index (κ1) is 20.7. The normalized spacial score (nSPS) is 17.2. The average molecular weight is 421 g/mol. The first-order chi connectivity index (χ1) is 14.4. The number of thioether (sulfide) groups is 1. The van der Waals surface area contributed by atoms with E-state index in [2.05, 4.69) is 56.0 Å². The van der Waals surface area contributed by atoms with Crippen molar-refractivity contribution in [3.8, 4) is 11.4 Å². The van der Waals surface area contributed by atoms with Crippen LogP contribution in [0.5, 0.6) is 0 Å². The molecule has 0 amide bonds. The van der Waals surface area contributed by atoms with Gasteiger partial charge in [-0.3, -0.25) is 0 Å². The Hall–Kier alpha value is -2.57. The van der Waals surface area contributed by atoms with Crippen LogP contribution in [-0.2, 0) is 9.48 Å². The number of hydrogen-bond donors (Lipinski definition) is 1. The van der Waals surface area contributed by atoms with Crippen LogP contribution in [0.15, 0.2) is 65.6 Å². The van der Waals surface area contributed by atoms with Gasteiger partial charge in [0.25, 0.3) is 0 Å². The van der Waals surface area contributed by atoms with E-state index in [9.17, 15) is 0 Å². The van der Waals surface area contributed by atoms with E-state index in [0.717, 1.165) is 35.1 Å². The summed E-state index contributed by atoms with van der Waals surface area (Å²) >= 11 is 1.81. The van der Waals surface area contributed by atoms with E-state index in [4.69, 9.17) is 20.4 Å². The third-order valence-electron chi connectivity index (χ3n) is 5.28. The van der Waals surface area contributed by atoms with E-state index in [-0.39, 0.29) is 10.8 Å². The molecule has 2 N–H and O–H groups in total. The number of nitrogens with two attached hydrogens (primary N) is 1. The topological polar surface area (TPSA) is 64.3 Å². The lowest BCUT2D eigenvalue weighted by atomic mass is 10.1. The zero-order valence-electron chi connectivity index (χ0n) is 17.7. The molecule has 0 spiro atoms. The van der Waals surface area contributed by atoms with Crippen molar-refractivity contribution < 1.29 is 4.74 Å². The van der Waals surface area contributed by atoms with Crippen LogP contribution in [0.2, 0.25) is 0 Å². The first-order valence-corrected chi connectivity index (χ1v) is 11.1. The zero-order valence-corrected chi connectivity index (χ0v) is 18.5. The van der Waals surface area contributed by atoms with Gasteiger partial charge >= 0.3 is 0 Å². The van der Waals surface area contributed by atoms with Gasteiger partial charge in [-0.05, 0) is 57.2 Å². The predicted octanol–water partition coefficient (Wildman–Crippen LogP) is 4.98. The lowest BCUT2D eigenvalue weighted by molar-refractivity contribution is 0.0985. The van der Waals surface area contributed by atoms with Crippen molar-refractivity contribution in [2.45, 2.75) is 36.5 Å². The Morgan fingerprint density at radius 1 is 1.07 bits per heavy atom. The summed E-state index contributed by atoms with van der Waals surface area (Å²) < 4.78 is 5.41. The highest BCUT2D eigenvalue weighted by atomic mass is 32.2. The molecule has 1 atom stereocenters. The molecule has 1 aromatic heterocycles. The molecule has 4 rings (SSSR count). The molecule has 1 saturated heterocycles. The maximum absolute atomic E-state index is 5.89. The van der Waals surface area contributed by atoms with Crippen molar-refractivity contribution in [1.29, 1.82) is 0 Å². The number of morpholine rings is 1. The third-order valence-corrected chi connectivity index (χ3v) is 6.50. The van der Waals surface area contributed by atoms with Crippen LogP contribution in [0.3, 0.4) is 0 Å². The Labute approximate surface area is 182 Å². The maximum atomic E-state index is 5.89. The van der Waals surface area contributed by atoms with Gasteiger partial charge in [0.1, 0.15) is 5.82 Å². The molecular formula is C24H28N4OS. The van der Waals surface area contributed by atoms with Crippen molar-refractivity contribution in [3.63, 3.8) is 0 Å². The summed E-state index contributed by atoms with van der Waals surface area (Å²) in [5, 5.41) is 0. The average Bonchev–Trinajstić information content (AvgIpc) is 2.75. The quantitative estimate of drug-likeness (QED) is 0.464. The van der Waals surface area contributed by atoms with Gasteiger partial charge in [-0.25, -0.2) is 9.97 Å². The van der Waals surface area contributed by atoms with Crippen LogP contribution >= 0.6 is 11.8 Å². The van der Waals surface area contributed by atoms with Crippen molar-refractivity contribution in [1.82, 2.24) is 9.97 Å². The molecule has 5 nitrogen and oxygen atoms in total. The molecule has 2 heterocycles. The van der Waals surface area contributed by atoms with Gasteiger partial charge in [0.2, 0.25) is 0 Å². The Bertz CT molecular complexity index is 992. The summed E-state index contributed by atoms with van der Waals surface area (Å²) in [4.78, 5) is 13.5. The molecule has 1 aliphatic heterocycles. The minimum atomic E-state index is -0.225. The van der Waals surface area contributed by atoms with Crippen molar-refractivity contribution >= 4 is 23.3 Å². The summed E-state index contributed by atoms with van der Waals surface area (Å²) in [7, 11) is 0. The van der Waals surface area contributed by atoms with Gasteiger partial charge in [-0.1, -0.05) is 18.2 Å². The monoisotopic (exact) mass is 420 g/mol. The molecule has 0 bridgehead atoms. The highest BCUT2D eigenvalue weighted by Crippen LogP contribution is 2.41. The van der Waals surface area contributed by atoms with Gasteiger partial charge in [0, 0.05) is 28.8 Å². The van der Waals surface area contributed by atoms with Gasteiger partial charge < -0.3 is 15.4 Å². The summed E-state index contributed by atoms with van der Waals surface area (Å²) in [5.41, 5.74) is 8.59. The number of hydrogen-bond acceptors (Lipinski definition) is 6. The van der Waals surface area contributed by atoms with E-state index in [1.807, 2.05) is 42.1 Å². The smallest absolute Gasteiger partial charge is 0.161 e. The molecule has 0 radical (unpaired) electrons. The highest BCUT2D eigenvalue weighted by molar-refractivity contribution is 8.00. The molecule has 1 fully saturated rings. The van der Waals surface area contributed by atoms with Gasteiger partial charge in [0.15, 0.2) is 5.82 Å². The number of aromatic nitrogens is 2. The molecule has 3 aromatic rings. The Balaban J connectivity index is 1.77. The van der Waals surface area contributed by atoms with E-state index < -0.39 is 0 Å². The second-order valence-electron chi connectivity index (χ2n) is 8.10. The standard InChI is InChI=1S/C24H28N4OS/c1-17-16-29-14-13-28(17)22-15-21(24(2,3)30-20-7-5-4-6-8-20)26-23(27-22)18-9-11-19(25)12-10-18/h4-12,15,17H,13-14,16,25H2,1-3H3/t17-/m0/s1. The molecule has 0 aliphatic carbocycles.